The first-order valence-electron chi connectivity index (χ1n) is 9.09. The van der Waals surface area contributed by atoms with Crippen LogP contribution in [-0.2, 0) is 10.4 Å². The van der Waals surface area contributed by atoms with Gasteiger partial charge in [0.15, 0.2) is 0 Å². The first kappa shape index (κ1) is 17.4. The van der Waals surface area contributed by atoms with Crippen LogP contribution in [0, 0.1) is 0 Å². The van der Waals surface area contributed by atoms with Crippen molar-refractivity contribution >= 4 is 5.91 Å². The summed E-state index contributed by atoms with van der Waals surface area (Å²) in [5, 5.41) is 19.3. The number of hydrogen-bond acceptors (Lipinski definition) is 5. The molecule has 1 aliphatic heterocycles. The number of carbonyl (C=O) groups excluding carboxylic acids is 1. The van der Waals surface area contributed by atoms with Crippen LogP contribution in [0.3, 0.4) is 0 Å². The highest BCUT2D eigenvalue weighted by molar-refractivity contribution is 5.78. The van der Waals surface area contributed by atoms with Crippen LogP contribution in [0.5, 0.6) is 0 Å². The molecule has 2 fully saturated rings. The number of β-amino-alcohol motifs (C(OH)–C–C–N with tert-alkyl or cyclic N) is 1. The Kier molecular flexibility index (Phi) is 4.92. The molecule has 1 amide bonds. The molecule has 1 N–H and O–H groups in total. The van der Waals surface area contributed by atoms with Gasteiger partial charge in [-0.1, -0.05) is 12.1 Å². The molecule has 1 saturated heterocycles. The molecule has 134 valence electrons. The molecule has 0 bridgehead atoms. The van der Waals surface area contributed by atoms with Crippen LogP contribution in [0.1, 0.15) is 58.2 Å². The third-order valence-electron chi connectivity index (χ3n) is 5.15. The van der Waals surface area contributed by atoms with E-state index in [1.165, 1.54) is 12.8 Å². The van der Waals surface area contributed by atoms with Crippen LogP contribution in [0.4, 0.5) is 0 Å². The fourth-order valence-corrected chi connectivity index (χ4v) is 3.41. The molecule has 2 aliphatic rings. The minimum Gasteiger partial charge on any atom is -0.382 e. The predicted molar refractivity (Wildman–Crippen MR) is 90.4 cm³/mol. The number of likely N-dealkylation sites (tertiary alicyclic amines) is 1. The second-order valence-electron chi connectivity index (χ2n) is 7.42. The van der Waals surface area contributed by atoms with E-state index >= 15 is 0 Å². The van der Waals surface area contributed by atoms with Crippen molar-refractivity contribution in [2.75, 3.05) is 26.2 Å². The maximum absolute atomic E-state index is 12.7. The van der Waals surface area contributed by atoms with Gasteiger partial charge >= 0.3 is 0 Å². The molecule has 3 rings (SSSR count). The van der Waals surface area contributed by atoms with Gasteiger partial charge in [0.1, 0.15) is 11.3 Å². The van der Waals surface area contributed by atoms with Gasteiger partial charge in [0.25, 0.3) is 0 Å². The summed E-state index contributed by atoms with van der Waals surface area (Å²) in [5.74, 6) is 0.109. The van der Waals surface area contributed by atoms with E-state index in [2.05, 4.69) is 22.1 Å². The van der Waals surface area contributed by atoms with Crippen molar-refractivity contribution in [2.24, 2.45) is 0 Å². The van der Waals surface area contributed by atoms with Gasteiger partial charge in [0.05, 0.1) is 19.3 Å². The first-order chi connectivity index (χ1) is 11.4. The number of carbonyl (C=O) groups is 1. The number of piperidine rings is 1. The van der Waals surface area contributed by atoms with Crippen LogP contribution in [-0.4, -0.2) is 68.0 Å². The number of amides is 1. The highest BCUT2D eigenvalue weighted by Gasteiger charge is 2.40. The van der Waals surface area contributed by atoms with Crippen molar-refractivity contribution in [2.45, 2.75) is 64.1 Å². The zero-order chi connectivity index (χ0) is 17.3. The number of nitrogens with zero attached hydrogens (tertiary/aromatic N) is 5. The summed E-state index contributed by atoms with van der Waals surface area (Å²) in [7, 11) is 0. The average Bonchev–Trinajstić information content (AvgIpc) is 3.26. The molecular formula is C17H29N5O2. The fourth-order valence-electron chi connectivity index (χ4n) is 3.41. The molecule has 7 nitrogen and oxygen atoms in total. The summed E-state index contributed by atoms with van der Waals surface area (Å²) in [6.07, 6.45) is 5.61. The average molecular weight is 335 g/mol. The lowest BCUT2D eigenvalue weighted by Crippen LogP contribution is -2.51. The van der Waals surface area contributed by atoms with Crippen molar-refractivity contribution < 1.29 is 9.90 Å². The molecule has 1 aromatic heterocycles. The van der Waals surface area contributed by atoms with Crippen LogP contribution in [0.15, 0.2) is 6.20 Å². The first-order valence-corrected chi connectivity index (χ1v) is 9.09. The van der Waals surface area contributed by atoms with E-state index in [0.717, 1.165) is 13.0 Å². The molecule has 1 aromatic rings. The molecule has 24 heavy (non-hydrogen) atoms. The van der Waals surface area contributed by atoms with E-state index in [9.17, 15) is 9.90 Å². The molecular weight excluding hydrogens is 306 g/mol. The predicted octanol–water partition coefficient (Wildman–Crippen LogP) is 1.15. The van der Waals surface area contributed by atoms with E-state index in [1.807, 2.05) is 13.8 Å². The maximum atomic E-state index is 12.7. The summed E-state index contributed by atoms with van der Waals surface area (Å²) >= 11 is 0. The highest BCUT2D eigenvalue weighted by atomic mass is 16.3. The van der Waals surface area contributed by atoms with Crippen LogP contribution in [0.2, 0.25) is 0 Å². The molecule has 0 unspecified atom stereocenters. The SMILES string of the molecule is CCN(CC(=O)N1CCC[C@](O)(c2cn(C(C)C)nn2)C1)C1CC1. The third kappa shape index (κ3) is 3.62. The Morgan fingerprint density at radius 1 is 1.50 bits per heavy atom. The van der Waals surface area contributed by atoms with Gasteiger partial charge in [0, 0.05) is 18.6 Å². The lowest BCUT2D eigenvalue weighted by molar-refractivity contribution is -0.140. The van der Waals surface area contributed by atoms with Gasteiger partial charge in [-0.2, -0.15) is 0 Å². The van der Waals surface area contributed by atoms with E-state index in [0.29, 0.717) is 37.8 Å². The minimum absolute atomic E-state index is 0.109. The summed E-state index contributed by atoms with van der Waals surface area (Å²) in [6, 6.07) is 0.779. The molecule has 7 heteroatoms. The van der Waals surface area contributed by atoms with E-state index < -0.39 is 5.60 Å². The molecule has 1 atom stereocenters. The van der Waals surface area contributed by atoms with Gasteiger partial charge in [-0.15, -0.1) is 5.10 Å². The highest BCUT2D eigenvalue weighted by Crippen LogP contribution is 2.31. The molecule has 0 spiro atoms. The fraction of sp³-hybridized carbons (Fsp3) is 0.824. The Balaban J connectivity index is 1.67. The second kappa shape index (κ2) is 6.80. The second-order valence-corrected chi connectivity index (χ2v) is 7.42. The quantitative estimate of drug-likeness (QED) is 0.844. The Hall–Kier alpha value is -1.47. The number of hydrogen-bond donors (Lipinski definition) is 1. The lowest BCUT2D eigenvalue weighted by Gasteiger charge is -2.38. The number of rotatable bonds is 6. The van der Waals surface area contributed by atoms with Crippen LogP contribution in [0.25, 0.3) is 0 Å². The van der Waals surface area contributed by atoms with E-state index in [4.69, 9.17) is 0 Å². The normalized spacial score (nSPS) is 24.8. The Morgan fingerprint density at radius 2 is 2.25 bits per heavy atom. The van der Waals surface area contributed by atoms with Gasteiger partial charge in [-0.25, -0.2) is 4.68 Å². The van der Waals surface area contributed by atoms with Crippen LogP contribution < -0.4 is 0 Å². The Bertz CT molecular complexity index is 583. The summed E-state index contributed by atoms with van der Waals surface area (Å²) in [6.45, 7) is 8.52. The van der Waals surface area contributed by atoms with Crippen molar-refractivity contribution in [3.63, 3.8) is 0 Å². The zero-order valence-electron chi connectivity index (χ0n) is 15.0. The largest absolute Gasteiger partial charge is 0.382 e. The Morgan fingerprint density at radius 3 is 2.83 bits per heavy atom. The Labute approximate surface area is 143 Å². The van der Waals surface area contributed by atoms with Crippen molar-refractivity contribution in [3.8, 4) is 0 Å². The molecule has 0 radical (unpaired) electrons. The maximum Gasteiger partial charge on any atom is 0.236 e. The molecule has 1 saturated carbocycles. The molecule has 1 aliphatic carbocycles. The summed E-state index contributed by atoms with van der Waals surface area (Å²) < 4.78 is 1.75. The minimum atomic E-state index is -1.09. The number of aliphatic hydroxyl groups is 1. The molecule has 2 heterocycles. The smallest absolute Gasteiger partial charge is 0.236 e. The number of likely N-dealkylation sites (N-methyl/N-ethyl adjacent to an activating group) is 1. The molecule has 0 aromatic carbocycles. The van der Waals surface area contributed by atoms with Gasteiger partial charge in [-0.3, -0.25) is 9.69 Å². The summed E-state index contributed by atoms with van der Waals surface area (Å²) in [4.78, 5) is 16.7. The van der Waals surface area contributed by atoms with Crippen molar-refractivity contribution in [1.82, 2.24) is 24.8 Å². The van der Waals surface area contributed by atoms with Crippen LogP contribution >= 0.6 is 0 Å². The summed E-state index contributed by atoms with van der Waals surface area (Å²) in [5.41, 5.74) is -0.513. The van der Waals surface area contributed by atoms with Gasteiger partial charge in [-0.05, 0) is 46.1 Å². The van der Waals surface area contributed by atoms with Crippen molar-refractivity contribution in [1.29, 1.82) is 0 Å². The van der Waals surface area contributed by atoms with Gasteiger partial charge in [0.2, 0.25) is 5.91 Å². The third-order valence-corrected chi connectivity index (χ3v) is 5.15. The van der Waals surface area contributed by atoms with Crippen molar-refractivity contribution in [3.05, 3.63) is 11.9 Å². The standard InChI is InChI=1S/C17H29N5O2/c1-4-20(14-6-7-14)11-16(23)21-9-5-8-17(24,12-21)15-10-22(13(2)3)19-18-15/h10,13-14,24H,4-9,11-12H2,1-3H3/t17-/m1/s1. The topological polar surface area (TPSA) is 74.5 Å². The lowest BCUT2D eigenvalue weighted by atomic mass is 9.90. The monoisotopic (exact) mass is 335 g/mol. The van der Waals surface area contributed by atoms with Gasteiger partial charge < -0.3 is 10.0 Å². The zero-order valence-corrected chi connectivity index (χ0v) is 15.0. The van der Waals surface area contributed by atoms with E-state index in [-0.39, 0.29) is 11.9 Å². The number of aromatic nitrogens is 3. The van der Waals surface area contributed by atoms with E-state index in [1.54, 1.807) is 15.8 Å².